The van der Waals surface area contributed by atoms with Gasteiger partial charge < -0.3 is 14.2 Å². The molecule has 1 atom stereocenters. The van der Waals surface area contributed by atoms with Crippen LogP contribution in [0.15, 0.2) is 24.3 Å². The SMILES string of the molecule is CCCN(C(=O)c1ccc(Cl)cc1)C(C)C(=O)c1c(C)c(C(=O)OC)n(CC)c1C. The molecule has 30 heavy (non-hydrogen) atoms. The molecule has 0 aliphatic rings. The highest BCUT2D eigenvalue weighted by atomic mass is 35.5. The summed E-state index contributed by atoms with van der Waals surface area (Å²) in [7, 11) is 1.32. The number of hydrogen-bond donors (Lipinski definition) is 0. The van der Waals surface area contributed by atoms with Gasteiger partial charge in [-0.15, -0.1) is 0 Å². The summed E-state index contributed by atoms with van der Waals surface area (Å²) in [6.07, 6.45) is 0.707. The predicted molar refractivity (Wildman–Crippen MR) is 117 cm³/mol. The van der Waals surface area contributed by atoms with Crippen molar-refractivity contribution in [1.29, 1.82) is 0 Å². The van der Waals surface area contributed by atoms with Gasteiger partial charge in [0.05, 0.1) is 13.2 Å². The molecule has 0 saturated carbocycles. The van der Waals surface area contributed by atoms with Crippen LogP contribution < -0.4 is 0 Å². The standard InChI is InChI=1S/C23H29ClN2O4/c1-7-13-26(22(28)17-9-11-18(24)12-10-17)16(5)21(27)19-14(3)20(23(29)30-6)25(8-2)15(19)4/h9-12,16H,7-8,13H2,1-6H3. The molecule has 6 nitrogen and oxygen atoms in total. The molecule has 7 heteroatoms. The Morgan fingerprint density at radius 3 is 2.23 bits per heavy atom. The first kappa shape index (κ1) is 23.7. The molecule has 0 spiro atoms. The fourth-order valence-electron chi connectivity index (χ4n) is 3.83. The number of benzene rings is 1. The number of aromatic nitrogens is 1. The fraction of sp³-hybridized carbons (Fsp3) is 0.435. The fourth-order valence-corrected chi connectivity index (χ4v) is 3.96. The van der Waals surface area contributed by atoms with Crippen molar-refractivity contribution in [2.24, 2.45) is 0 Å². The first-order valence-electron chi connectivity index (χ1n) is 10.1. The van der Waals surface area contributed by atoms with E-state index in [0.717, 1.165) is 0 Å². The van der Waals surface area contributed by atoms with Crippen LogP contribution in [0.2, 0.25) is 5.02 Å². The zero-order chi connectivity index (χ0) is 22.6. The smallest absolute Gasteiger partial charge is 0.354 e. The van der Waals surface area contributed by atoms with Gasteiger partial charge in [0.2, 0.25) is 0 Å². The molecule has 1 heterocycles. The molecule has 0 fully saturated rings. The number of methoxy groups -OCH3 is 1. The average molecular weight is 433 g/mol. The zero-order valence-electron chi connectivity index (χ0n) is 18.4. The minimum absolute atomic E-state index is 0.196. The van der Waals surface area contributed by atoms with Gasteiger partial charge in [-0.3, -0.25) is 9.59 Å². The lowest BCUT2D eigenvalue weighted by Crippen LogP contribution is -2.44. The molecule has 0 bridgehead atoms. The maximum Gasteiger partial charge on any atom is 0.354 e. The Morgan fingerprint density at radius 2 is 1.73 bits per heavy atom. The van der Waals surface area contributed by atoms with Crippen LogP contribution in [0, 0.1) is 13.8 Å². The summed E-state index contributed by atoms with van der Waals surface area (Å²) in [6.45, 7) is 10.1. The normalized spacial score (nSPS) is 11.8. The number of ether oxygens (including phenoxy) is 1. The number of nitrogens with zero attached hydrogens (tertiary/aromatic N) is 2. The van der Waals surface area contributed by atoms with Crippen LogP contribution in [0.25, 0.3) is 0 Å². The predicted octanol–water partition coefficient (Wildman–Crippen LogP) is 4.69. The maximum atomic E-state index is 13.5. The van der Waals surface area contributed by atoms with Gasteiger partial charge in [-0.25, -0.2) is 4.79 Å². The number of ketones is 1. The molecule has 1 aromatic heterocycles. The molecular weight excluding hydrogens is 404 g/mol. The van der Waals surface area contributed by atoms with Crippen LogP contribution in [-0.2, 0) is 11.3 Å². The summed E-state index contributed by atoms with van der Waals surface area (Å²) >= 11 is 5.93. The molecule has 1 aromatic carbocycles. The monoisotopic (exact) mass is 432 g/mol. The number of esters is 1. The van der Waals surface area contributed by atoms with Crippen LogP contribution in [0.3, 0.4) is 0 Å². The molecule has 0 saturated heterocycles. The molecule has 2 aromatic rings. The third-order valence-electron chi connectivity index (χ3n) is 5.37. The number of Topliss-reactive ketones (excluding diaryl/α,β-unsaturated/α-hetero) is 1. The Balaban J connectivity index is 2.47. The van der Waals surface area contributed by atoms with Crippen molar-refractivity contribution in [2.45, 2.75) is 53.6 Å². The number of halogens is 1. The second-order valence-corrected chi connectivity index (χ2v) is 7.65. The lowest BCUT2D eigenvalue weighted by atomic mass is 9.99. The van der Waals surface area contributed by atoms with Gasteiger partial charge in [-0.1, -0.05) is 18.5 Å². The summed E-state index contributed by atoms with van der Waals surface area (Å²) in [6, 6.07) is 5.94. The van der Waals surface area contributed by atoms with Crippen LogP contribution >= 0.6 is 11.6 Å². The van der Waals surface area contributed by atoms with Gasteiger partial charge in [0.15, 0.2) is 5.78 Å². The average Bonchev–Trinajstić information content (AvgIpc) is 2.99. The Labute approximate surface area is 182 Å². The molecule has 0 radical (unpaired) electrons. The zero-order valence-corrected chi connectivity index (χ0v) is 19.2. The van der Waals surface area contributed by atoms with Crippen molar-refractivity contribution in [1.82, 2.24) is 9.47 Å². The summed E-state index contributed by atoms with van der Waals surface area (Å²) in [5, 5.41) is 0.542. The Bertz CT molecular complexity index is 947. The van der Waals surface area contributed by atoms with Crippen LogP contribution in [0.1, 0.15) is 69.7 Å². The number of hydrogen-bond acceptors (Lipinski definition) is 4. The highest BCUT2D eigenvalue weighted by molar-refractivity contribution is 6.30. The maximum absolute atomic E-state index is 13.5. The van der Waals surface area contributed by atoms with E-state index in [9.17, 15) is 14.4 Å². The van der Waals surface area contributed by atoms with Crippen LogP contribution in [0.5, 0.6) is 0 Å². The second-order valence-electron chi connectivity index (χ2n) is 7.22. The van der Waals surface area contributed by atoms with E-state index in [1.165, 1.54) is 7.11 Å². The van der Waals surface area contributed by atoms with Crippen LogP contribution in [-0.4, -0.2) is 46.8 Å². The quantitative estimate of drug-likeness (QED) is 0.448. The van der Waals surface area contributed by atoms with Crippen molar-refractivity contribution in [3.05, 3.63) is 57.4 Å². The van der Waals surface area contributed by atoms with Gasteiger partial charge in [0.1, 0.15) is 5.69 Å². The van der Waals surface area contributed by atoms with Crippen molar-refractivity contribution < 1.29 is 19.1 Å². The van der Waals surface area contributed by atoms with E-state index in [1.54, 1.807) is 47.6 Å². The first-order chi connectivity index (χ1) is 14.2. The van der Waals surface area contributed by atoms with Crippen molar-refractivity contribution in [3.8, 4) is 0 Å². The van der Waals surface area contributed by atoms with Gasteiger partial charge in [-0.2, -0.15) is 0 Å². The Hall–Kier alpha value is -2.60. The topological polar surface area (TPSA) is 68.6 Å². The van der Waals surface area contributed by atoms with Crippen molar-refractivity contribution in [3.63, 3.8) is 0 Å². The lowest BCUT2D eigenvalue weighted by Gasteiger charge is -2.28. The summed E-state index contributed by atoms with van der Waals surface area (Å²) in [5.41, 5.74) is 2.59. The number of rotatable bonds is 8. The van der Waals surface area contributed by atoms with Gasteiger partial charge in [-0.05, 0) is 63.9 Å². The van der Waals surface area contributed by atoms with Crippen LogP contribution in [0.4, 0.5) is 0 Å². The van der Waals surface area contributed by atoms with Gasteiger partial charge >= 0.3 is 5.97 Å². The van der Waals surface area contributed by atoms with Gasteiger partial charge in [0.25, 0.3) is 5.91 Å². The van der Waals surface area contributed by atoms with E-state index in [0.29, 0.717) is 52.6 Å². The molecule has 0 aliphatic carbocycles. The summed E-state index contributed by atoms with van der Waals surface area (Å²) < 4.78 is 6.70. The summed E-state index contributed by atoms with van der Waals surface area (Å²) in [5.74, 6) is -0.905. The molecule has 0 N–H and O–H groups in total. The molecule has 1 amide bonds. The van der Waals surface area contributed by atoms with E-state index < -0.39 is 12.0 Å². The van der Waals surface area contributed by atoms with Crippen molar-refractivity contribution >= 4 is 29.3 Å². The highest BCUT2D eigenvalue weighted by Crippen LogP contribution is 2.26. The van der Waals surface area contributed by atoms with Gasteiger partial charge in [0, 0.05) is 34.9 Å². The van der Waals surface area contributed by atoms with E-state index in [1.807, 2.05) is 20.8 Å². The molecule has 1 unspecified atom stereocenters. The first-order valence-corrected chi connectivity index (χ1v) is 10.5. The molecule has 162 valence electrons. The third kappa shape index (κ3) is 4.43. The Morgan fingerprint density at radius 1 is 1.13 bits per heavy atom. The van der Waals surface area contributed by atoms with E-state index in [2.05, 4.69) is 0 Å². The van der Waals surface area contributed by atoms with E-state index in [-0.39, 0.29) is 11.7 Å². The third-order valence-corrected chi connectivity index (χ3v) is 5.62. The number of carbonyl (C=O) groups is 3. The number of amides is 1. The largest absolute Gasteiger partial charge is 0.464 e. The minimum Gasteiger partial charge on any atom is -0.464 e. The lowest BCUT2D eigenvalue weighted by molar-refractivity contribution is 0.0586. The van der Waals surface area contributed by atoms with E-state index in [4.69, 9.17) is 16.3 Å². The second kappa shape index (κ2) is 9.94. The molecule has 0 aliphatic heterocycles. The minimum atomic E-state index is -0.691. The van der Waals surface area contributed by atoms with E-state index >= 15 is 0 Å². The molecular formula is C23H29ClN2O4. The Kier molecular flexibility index (Phi) is 7.84. The number of carbonyl (C=O) groups excluding carboxylic acids is 3. The van der Waals surface area contributed by atoms with Crippen molar-refractivity contribution in [2.75, 3.05) is 13.7 Å². The summed E-state index contributed by atoms with van der Waals surface area (Å²) in [4.78, 5) is 40.5. The molecule has 2 rings (SSSR count). The highest BCUT2D eigenvalue weighted by Gasteiger charge is 2.32.